The third kappa shape index (κ3) is 4.27. The van der Waals surface area contributed by atoms with Gasteiger partial charge >= 0.3 is 0 Å². The topological polar surface area (TPSA) is 102 Å². The summed E-state index contributed by atoms with van der Waals surface area (Å²) in [6.45, 7) is 2.95. The van der Waals surface area contributed by atoms with E-state index in [9.17, 15) is 9.18 Å². The van der Waals surface area contributed by atoms with E-state index in [1.54, 1.807) is 24.3 Å². The minimum atomic E-state index is -2.30. The number of aryl methyl sites for hydroxylation is 1. The highest BCUT2D eigenvalue weighted by molar-refractivity contribution is 6.32. The number of carbonyl (C=O) groups excluding carboxylic acids is 1. The first-order valence-corrected chi connectivity index (χ1v) is 9.17. The van der Waals surface area contributed by atoms with Crippen molar-refractivity contribution in [2.45, 2.75) is 19.5 Å². The molecule has 8 heteroatoms. The molecule has 0 fully saturated rings. The molecule has 0 saturated carbocycles. The highest BCUT2D eigenvalue weighted by Crippen LogP contribution is 2.32. The number of halogens is 2. The summed E-state index contributed by atoms with van der Waals surface area (Å²) >= 11 is 6.21. The second-order valence-electron chi connectivity index (χ2n) is 6.70. The van der Waals surface area contributed by atoms with Crippen molar-refractivity contribution in [3.8, 4) is 23.3 Å². The van der Waals surface area contributed by atoms with Crippen molar-refractivity contribution < 1.29 is 9.18 Å². The maximum atomic E-state index is 14.2. The molecule has 0 radical (unpaired) electrons. The van der Waals surface area contributed by atoms with Crippen LogP contribution < -0.4 is 5.32 Å². The lowest BCUT2D eigenvalue weighted by Crippen LogP contribution is -2.17. The van der Waals surface area contributed by atoms with Crippen LogP contribution in [0.2, 0.25) is 5.15 Å². The van der Waals surface area contributed by atoms with Crippen molar-refractivity contribution in [3.05, 3.63) is 76.3 Å². The third-order valence-electron chi connectivity index (χ3n) is 4.47. The standard InChI is InChI=1S/C22H15ClFN5O/c1-13-3-4-16(9-17(13)18-7-14(10-25)11-28-20(18)23)29-21(30)15-5-6-27-19(8-15)22(2,24)12-26/h3-9,11H,1-2H3,(H,29,30). The molecule has 3 aromatic rings. The number of benzene rings is 1. The zero-order chi connectivity index (χ0) is 21.9. The zero-order valence-electron chi connectivity index (χ0n) is 16.1. The molecule has 2 aromatic heterocycles. The Morgan fingerprint density at radius 2 is 1.93 bits per heavy atom. The molecule has 30 heavy (non-hydrogen) atoms. The molecule has 1 amide bonds. The van der Waals surface area contributed by atoms with Gasteiger partial charge in [0, 0.05) is 29.2 Å². The Kier molecular flexibility index (Phi) is 5.77. The molecular formula is C22H15ClFN5O. The summed E-state index contributed by atoms with van der Waals surface area (Å²) in [7, 11) is 0. The lowest BCUT2D eigenvalue weighted by atomic mass is 10.00. The van der Waals surface area contributed by atoms with Crippen molar-refractivity contribution in [2.24, 2.45) is 0 Å². The van der Waals surface area contributed by atoms with E-state index in [1.165, 1.54) is 30.6 Å². The highest BCUT2D eigenvalue weighted by atomic mass is 35.5. The fourth-order valence-corrected chi connectivity index (χ4v) is 2.98. The number of hydrogen-bond donors (Lipinski definition) is 1. The van der Waals surface area contributed by atoms with E-state index in [2.05, 4.69) is 15.3 Å². The first kappa shape index (κ1) is 20.9. The van der Waals surface area contributed by atoms with Gasteiger partial charge in [0.2, 0.25) is 5.67 Å². The normalized spacial score (nSPS) is 12.3. The van der Waals surface area contributed by atoms with Crippen LogP contribution in [0.5, 0.6) is 0 Å². The second-order valence-corrected chi connectivity index (χ2v) is 7.06. The summed E-state index contributed by atoms with van der Waals surface area (Å²) in [4.78, 5) is 20.5. The molecule has 1 atom stereocenters. The van der Waals surface area contributed by atoms with Crippen LogP contribution >= 0.6 is 11.6 Å². The number of hydrogen-bond acceptors (Lipinski definition) is 5. The van der Waals surface area contributed by atoms with Crippen LogP contribution in [0.4, 0.5) is 10.1 Å². The van der Waals surface area contributed by atoms with Gasteiger partial charge in [0.1, 0.15) is 17.3 Å². The minimum absolute atomic E-state index is 0.145. The van der Waals surface area contributed by atoms with Gasteiger partial charge in [-0.1, -0.05) is 17.7 Å². The van der Waals surface area contributed by atoms with Crippen molar-refractivity contribution in [3.63, 3.8) is 0 Å². The minimum Gasteiger partial charge on any atom is -0.322 e. The van der Waals surface area contributed by atoms with Crippen LogP contribution in [-0.4, -0.2) is 15.9 Å². The quantitative estimate of drug-likeness (QED) is 0.603. The second kappa shape index (κ2) is 8.28. The molecule has 0 spiro atoms. The summed E-state index contributed by atoms with van der Waals surface area (Å²) in [5, 5.41) is 21.0. The third-order valence-corrected chi connectivity index (χ3v) is 4.77. The number of pyridine rings is 2. The maximum absolute atomic E-state index is 14.2. The lowest BCUT2D eigenvalue weighted by molar-refractivity contribution is 0.102. The van der Waals surface area contributed by atoms with Gasteiger partial charge in [-0.15, -0.1) is 0 Å². The zero-order valence-corrected chi connectivity index (χ0v) is 16.8. The van der Waals surface area contributed by atoms with Gasteiger partial charge in [0.05, 0.1) is 11.3 Å². The Morgan fingerprint density at radius 1 is 1.17 bits per heavy atom. The summed E-state index contributed by atoms with van der Waals surface area (Å²) in [6, 6.07) is 13.1. The Balaban J connectivity index is 1.94. The van der Waals surface area contributed by atoms with Crippen LogP contribution in [0.25, 0.3) is 11.1 Å². The van der Waals surface area contributed by atoms with E-state index in [-0.39, 0.29) is 16.4 Å². The number of aromatic nitrogens is 2. The van der Waals surface area contributed by atoms with E-state index in [1.807, 2.05) is 13.0 Å². The van der Waals surface area contributed by atoms with Crippen molar-refractivity contribution in [2.75, 3.05) is 5.32 Å². The van der Waals surface area contributed by atoms with Gasteiger partial charge in [-0.2, -0.15) is 10.5 Å². The lowest BCUT2D eigenvalue weighted by Gasteiger charge is -2.13. The summed E-state index contributed by atoms with van der Waals surface area (Å²) in [6.07, 6.45) is 2.66. The monoisotopic (exact) mass is 419 g/mol. The molecule has 0 saturated heterocycles. The molecule has 0 bridgehead atoms. The first-order chi connectivity index (χ1) is 14.2. The number of alkyl halides is 1. The molecule has 3 rings (SSSR count). The first-order valence-electron chi connectivity index (χ1n) is 8.80. The summed E-state index contributed by atoms with van der Waals surface area (Å²) < 4.78 is 14.2. The molecule has 6 nitrogen and oxygen atoms in total. The van der Waals surface area contributed by atoms with Gasteiger partial charge in [0.25, 0.3) is 5.91 Å². The number of anilines is 1. The van der Waals surface area contributed by atoms with E-state index in [0.717, 1.165) is 12.5 Å². The average molecular weight is 420 g/mol. The summed E-state index contributed by atoms with van der Waals surface area (Å²) in [5.74, 6) is -0.489. The molecule has 1 aromatic carbocycles. The molecule has 0 aliphatic heterocycles. The van der Waals surface area contributed by atoms with Crippen molar-refractivity contribution >= 4 is 23.2 Å². The van der Waals surface area contributed by atoms with Crippen molar-refractivity contribution in [1.82, 2.24) is 9.97 Å². The fourth-order valence-electron chi connectivity index (χ4n) is 2.78. The maximum Gasteiger partial charge on any atom is 0.255 e. The van der Waals surface area contributed by atoms with E-state index >= 15 is 0 Å². The Labute approximate surface area is 177 Å². The van der Waals surface area contributed by atoms with Crippen molar-refractivity contribution in [1.29, 1.82) is 10.5 Å². The molecule has 0 aliphatic rings. The predicted octanol–water partition coefficient (Wildman–Crippen LogP) is 4.94. The number of nitriles is 2. The van der Waals surface area contributed by atoms with E-state index in [4.69, 9.17) is 22.1 Å². The Bertz CT molecular complexity index is 1230. The largest absolute Gasteiger partial charge is 0.322 e. The number of nitrogens with one attached hydrogen (secondary N) is 1. The van der Waals surface area contributed by atoms with E-state index in [0.29, 0.717) is 22.4 Å². The van der Waals surface area contributed by atoms with Crippen LogP contribution in [0, 0.1) is 29.6 Å². The summed E-state index contributed by atoms with van der Waals surface area (Å²) in [5.41, 5.74) is 0.695. The molecule has 1 unspecified atom stereocenters. The van der Waals surface area contributed by atoms with Gasteiger partial charge in [-0.3, -0.25) is 9.78 Å². The highest BCUT2D eigenvalue weighted by Gasteiger charge is 2.27. The number of rotatable bonds is 4. The van der Waals surface area contributed by atoms with Crippen LogP contribution in [-0.2, 0) is 5.67 Å². The smallest absolute Gasteiger partial charge is 0.255 e. The number of nitrogens with zero attached hydrogens (tertiary/aromatic N) is 4. The van der Waals surface area contributed by atoms with Crippen LogP contribution in [0.3, 0.4) is 0 Å². The van der Waals surface area contributed by atoms with Crippen LogP contribution in [0.1, 0.15) is 34.1 Å². The van der Waals surface area contributed by atoms with Gasteiger partial charge in [0.15, 0.2) is 0 Å². The Hall–Kier alpha value is -3.81. The SMILES string of the molecule is Cc1ccc(NC(=O)c2ccnc(C(C)(F)C#N)c2)cc1-c1cc(C#N)cnc1Cl. The number of carbonyl (C=O) groups is 1. The van der Waals surface area contributed by atoms with Gasteiger partial charge in [-0.25, -0.2) is 9.37 Å². The molecule has 1 N–H and O–H groups in total. The average Bonchev–Trinajstić information content (AvgIpc) is 2.75. The van der Waals surface area contributed by atoms with Crippen LogP contribution in [0.15, 0.2) is 48.8 Å². The molecule has 0 aliphatic carbocycles. The van der Waals surface area contributed by atoms with E-state index < -0.39 is 11.6 Å². The number of amides is 1. The fraction of sp³-hybridized carbons (Fsp3) is 0.136. The molecule has 148 valence electrons. The molecule has 2 heterocycles. The predicted molar refractivity (Wildman–Crippen MR) is 110 cm³/mol. The van der Waals surface area contributed by atoms with Gasteiger partial charge in [-0.05, 0) is 55.3 Å². The van der Waals surface area contributed by atoms with Gasteiger partial charge < -0.3 is 5.32 Å². The molecular weight excluding hydrogens is 405 g/mol. The Morgan fingerprint density at radius 3 is 2.63 bits per heavy atom.